The minimum atomic E-state index is -0.557. The first-order valence-corrected chi connectivity index (χ1v) is 7.30. The Hall–Kier alpha value is -3.09. The smallest absolute Gasteiger partial charge is 0.338 e. The SMILES string of the molecule is COC(=O)c1cc(OC)cc(OC)c1-c1cc(OC)c(O)c(OC)c1. The molecule has 0 fully saturated rings. The van der Waals surface area contributed by atoms with E-state index in [1.54, 1.807) is 24.3 Å². The maximum atomic E-state index is 12.3. The van der Waals surface area contributed by atoms with Crippen LogP contribution in [0.15, 0.2) is 24.3 Å². The van der Waals surface area contributed by atoms with Crippen LogP contribution in [0.1, 0.15) is 10.4 Å². The summed E-state index contributed by atoms with van der Waals surface area (Å²) in [7, 11) is 7.10. The van der Waals surface area contributed by atoms with Crippen molar-refractivity contribution in [2.75, 3.05) is 35.5 Å². The highest BCUT2D eigenvalue weighted by Crippen LogP contribution is 2.44. The van der Waals surface area contributed by atoms with Crippen molar-refractivity contribution in [2.45, 2.75) is 0 Å². The number of hydrogen-bond acceptors (Lipinski definition) is 7. The molecule has 0 radical (unpaired) electrons. The Labute approximate surface area is 145 Å². The van der Waals surface area contributed by atoms with E-state index in [1.807, 2.05) is 0 Å². The molecule has 134 valence electrons. The van der Waals surface area contributed by atoms with Gasteiger partial charge < -0.3 is 28.8 Å². The van der Waals surface area contributed by atoms with Gasteiger partial charge in [-0.1, -0.05) is 0 Å². The number of carbonyl (C=O) groups excluding carboxylic acids is 1. The zero-order chi connectivity index (χ0) is 18.6. The molecule has 2 aromatic rings. The van der Waals surface area contributed by atoms with Crippen LogP contribution in [0.5, 0.6) is 28.7 Å². The highest BCUT2D eigenvalue weighted by atomic mass is 16.5. The van der Waals surface area contributed by atoms with Crippen LogP contribution in [0.25, 0.3) is 11.1 Å². The fourth-order valence-electron chi connectivity index (χ4n) is 2.48. The Morgan fingerprint density at radius 1 is 0.800 bits per heavy atom. The van der Waals surface area contributed by atoms with Gasteiger partial charge in [0.2, 0.25) is 5.75 Å². The highest BCUT2D eigenvalue weighted by Gasteiger charge is 2.23. The average molecular weight is 348 g/mol. The van der Waals surface area contributed by atoms with Crippen LogP contribution in [-0.4, -0.2) is 46.6 Å². The summed E-state index contributed by atoms with van der Waals surface area (Å²) in [5.74, 6) is 0.540. The second-order valence-electron chi connectivity index (χ2n) is 4.97. The summed E-state index contributed by atoms with van der Waals surface area (Å²) >= 11 is 0. The molecular weight excluding hydrogens is 328 g/mol. The standard InChI is InChI=1S/C18H20O7/c1-21-11-8-12(18(20)25-5)16(13(9-11)22-2)10-6-14(23-3)17(19)15(7-10)24-4/h6-9,19H,1-5H3. The van der Waals surface area contributed by atoms with Gasteiger partial charge in [0.15, 0.2) is 11.5 Å². The van der Waals surface area contributed by atoms with Gasteiger partial charge in [0.05, 0.1) is 41.1 Å². The van der Waals surface area contributed by atoms with Crippen LogP contribution in [0.2, 0.25) is 0 Å². The van der Waals surface area contributed by atoms with Gasteiger partial charge in [-0.05, 0) is 23.8 Å². The molecule has 0 aliphatic rings. The van der Waals surface area contributed by atoms with Crippen LogP contribution < -0.4 is 18.9 Å². The van der Waals surface area contributed by atoms with Crippen molar-refractivity contribution in [1.29, 1.82) is 0 Å². The Bertz CT molecular complexity index is 758. The molecule has 0 bridgehead atoms. The van der Waals surface area contributed by atoms with Gasteiger partial charge in [0, 0.05) is 11.6 Å². The van der Waals surface area contributed by atoms with Crippen molar-refractivity contribution in [3.8, 4) is 39.9 Å². The number of aromatic hydroxyl groups is 1. The lowest BCUT2D eigenvalue weighted by molar-refractivity contribution is 0.0601. The number of methoxy groups -OCH3 is 5. The van der Waals surface area contributed by atoms with Crippen molar-refractivity contribution in [1.82, 2.24) is 0 Å². The second-order valence-corrected chi connectivity index (χ2v) is 4.97. The van der Waals surface area contributed by atoms with Crippen LogP contribution in [0.4, 0.5) is 0 Å². The van der Waals surface area contributed by atoms with Crippen LogP contribution in [-0.2, 0) is 4.74 Å². The van der Waals surface area contributed by atoms with Crippen molar-refractivity contribution in [3.63, 3.8) is 0 Å². The van der Waals surface area contributed by atoms with Gasteiger partial charge in [-0.15, -0.1) is 0 Å². The third kappa shape index (κ3) is 3.40. The topological polar surface area (TPSA) is 83.5 Å². The van der Waals surface area contributed by atoms with E-state index in [0.29, 0.717) is 22.6 Å². The van der Waals surface area contributed by atoms with E-state index in [0.717, 1.165) is 0 Å². The van der Waals surface area contributed by atoms with Crippen molar-refractivity contribution >= 4 is 5.97 Å². The molecular formula is C18H20O7. The molecule has 0 atom stereocenters. The molecule has 0 amide bonds. The van der Waals surface area contributed by atoms with Gasteiger partial charge in [-0.2, -0.15) is 0 Å². The van der Waals surface area contributed by atoms with Crippen LogP contribution in [0.3, 0.4) is 0 Å². The number of esters is 1. The van der Waals surface area contributed by atoms with E-state index in [4.69, 9.17) is 23.7 Å². The van der Waals surface area contributed by atoms with Gasteiger partial charge in [-0.3, -0.25) is 0 Å². The molecule has 0 saturated heterocycles. The minimum absolute atomic E-state index is 0.138. The van der Waals surface area contributed by atoms with E-state index in [2.05, 4.69) is 0 Å². The molecule has 1 N–H and O–H groups in total. The zero-order valence-electron chi connectivity index (χ0n) is 14.7. The number of carbonyl (C=O) groups is 1. The maximum absolute atomic E-state index is 12.3. The second kappa shape index (κ2) is 7.65. The number of phenolic OH excluding ortho intramolecular Hbond substituents is 1. The average Bonchev–Trinajstić information content (AvgIpc) is 2.66. The predicted molar refractivity (Wildman–Crippen MR) is 91.1 cm³/mol. The molecule has 0 unspecified atom stereocenters. The Balaban J connectivity index is 2.83. The fourth-order valence-corrected chi connectivity index (χ4v) is 2.48. The van der Waals surface area contributed by atoms with Crippen molar-refractivity contribution < 1.29 is 33.6 Å². The molecule has 0 heterocycles. The van der Waals surface area contributed by atoms with Crippen LogP contribution in [0, 0.1) is 0 Å². The molecule has 0 aliphatic heterocycles. The van der Waals surface area contributed by atoms with Crippen molar-refractivity contribution in [3.05, 3.63) is 29.8 Å². The normalized spacial score (nSPS) is 10.1. The number of ether oxygens (including phenoxy) is 5. The highest BCUT2D eigenvalue weighted by molar-refractivity contribution is 6.00. The summed E-state index contributed by atoms with van der Waals surface area (Å²) in [4.78, 5) is 12.3. The van der Waals surface area contributed by atoms with E-state index in [9.17, 15) is 9.90 Å². The van der Waals surface area contributed by atoms with Crippen molar-refractivity contribution in [2.24, 2.45) is 0 Å². The lowest BCUT2D eigenvalue weighted by Gasteiger charge is -2.17. The Kier molecular flexibility index (Phi) is 5.59. The molecule has 0 saturated carbocycles. The first kappa shape index (κ1) is 18.3. The number of benzene rings is 2. The summed E-state index contributed by atoms with van der Waals surface area (Å²) in [6, 6.07) is 6.35. The molecule has 0 spiro atoms. The summed E-state index contributed by atoms with van der Waals surface area (Å²) in [6.07, 6.45) is 0. The number of rotatable bonds is 6. The summed E-state index contributed by atoms with van der Waals surface area (Å²) in [5.41, 5.74) is 1.26. The molecule has 7 nitrogen and oxygen atoms in total. The predicted octanol–water partition coefficient (Wildman–Crippen LogP) is 2.88. The summed E-state index contributed by atoms with van der Waals surface area (Å²) < 4.78 is 25.9. The molecule has 0 aliphatic carbocycles. The van der Waals surface area contributed by atoms with E-state index < -0.39 is 5.97 Å². The molecule has 25 heavy (non-hydrogen) atoms. The van der Waals surface area contributed by atoms with Gasteiger partial charge in [-0.25, -0.2) is 4.79 Å². The zero-order valence-corrected chi connectivity index (χ0v) is 14.7. The monoisotopic (exact) mass is 348 g/mol. The summed E-state index contributed by atoms with van der Waals surface area (Å²) in [5, 5.41) is 10.1. The van der Waals surface area contributed by atoms with Gasteiger partial charge in [0.1, 0.15) is 11.5 Å². The lowest BCUT2D eigenvalue weighted by Crippen LogP contribution is -2.06. The first-order valence-electron chi connectivity index (χ1n) is 7.30. The Morgan fingerprint density at radius 2 is 1.36 bits per heavy atom. The third-order valence-electron chi connectivity index (χ3n) is 3.71. The largest absolute Gasteiger partial charge is 0.502 e. The molecule has 0 aromatic heterocycles. The third-order valence-corrected chi connectivity index (χ3v) is 3.71. The number of phenols is 1. The fraction of sp³-hybridized carbons (Fsp3) is 0.278. The molecule has 2 rings (SSSR count). The molecule has 2 aromatic carbocycles. The van der Waals surface area contributed by atoms with Gasteiger partial charge >= 0.3 is 5.97 Å². The lowest BCUT2D eigenvalue weighted by atomic mass is 9.97. The van der Waals surface area contributed by atoms with E-state index in [1.165, 1.54) is 35.5 Å². The minimum Gasteiger partial charge on any atom is -0.502 e. The quantitative estimate of drug-likeness (QED) is 0.804. The number of hydrogen-bond donors (Lipinski definition) is 1. The Morgan fingerprint density at radius 3 is 1.80 bits per heavy atom. The van der Waals surface area contributed by atoms with Gasteiger partial charge in [0.25, 0.3) is 0 Å². The molecule has 7 heteroatoms. The maximum Gasteiger partial charge on any atom is 0.338 e. The van der Waals surface area contributed by atoms with Crippen LogP contribution >= 0.6 is 0 Å². The van der Waals surface area contributed by atoms with E-state index >= 15 is 0 Å². The summed E-state index contributed by atoms with van der Waals surface area (Å²) in [6.45, 7) is 0. The first-order chi connectivity index (χ1) is 12.0. The van der Waals surface area contributed by atoms with E-state index in [-0.39, 0.29) is 22.8 Å².